The van der Waals surface area contributed by atoms with Crippen LogP contribution >= 0.6 is 0 Å². The SMILES string of the molecule is CCN1C=CC(=C(/C=C2\C=CC=CC2=O)CS(=O)(=O)[O-])C=C1.[Na+]. The molecule has 0 saturated carbocycles. The van der Waals surface area contributed by atoms with Gasteiger partial charge in [0.1, 0.15) is 0 Å². The van der Waals surface area contributed by atoms with Gasteiger partial charge in [0.25, 0.3) is 0 Å². The van der Waals surface area contributed by atoms with E-state index in [1.165, 1.54) is 12.2 Å². The Morgan fingerprint density at radius 2 is 1.78 bits per heavy atom. The van der Waals surface area contributed by atoms with E-state index >= 15 is 0 Å². The van der Waals surface area contributed by atoms with Gasteiger partial charge >= 0.3 is 29.6 Å². The van der Waals surface area contributed by atoms with Crippen molar-refractivity contribution in [2.24, 2.45) is 0 Å². The van der Waals surface area contributed by atoms with E-state index in [0.29, 0.717) is 16.7 Å². The Morgan fingerprint density at radius 3 is 2.30 bits per heavy atom. The second-order valence-electron chi connectivity index (χ2n) is 4.83. The second-order valence-corrected chi connectivity index (χ2v) is 6.23. The van der Waals surface area contributed by atoms with Gasteiger partial charge in [-0.25, -0.2) is 8.42 Å². The van der Waals surface area contributed by atoms with E-state index in [-0.39, 0.29) is 35.3 Å². The van der Waals surface area contributed by atoms with Gasteiger partial charge in [-0.05, 0) is 42.4 Å². The molecule has 1 aliphatic carbocycles. The molecule has 0 N–H and O–H groups in total. The van der Waals surface area contributed by atoms with Crippen molar-refractivity contribution in [3.05, 3.63) is 71.7 Å². The van der Waals surface area contributed by atoms with E-state index < -0.39 is 15.9 Å². The van der Waals surface area contributed by atoms with Gasteiger partial charge in [-0.2, -0.15) is 0 Å². The molecular weight excluding hydrogens is 325 g/mol. The maximum absolute atomic E-state index is 11.8. The van der Waals surface area contributed by atoms with Gasteiger partial charge in [-0.1, -0.05) is 18.2 Å². The third-order valence-corrected chi connectivity index (χ3v) is 3.87. The summed E-state index contributed by atoms with van der Waals surface area (Å²) in [4.78, 5) is 13.7. The third-order valence-electron chi connectivity index (χ3n) is 3.21. The molecule has 0 saturated heterocycles. The van der Waals surface area contributed by atoms with Crippen LogP contribution in [0.1, 0.15) is 6.92 Å². The van der Waals surface area contributed by atoms with Gasteiger partial charge in [0, 0.05) is 24.5 Å². The van der Waals surface area contributed by atoms with Crippen LogP contribution in [-0.2, 0) is 14.9 Å². The fourth-order valence-electron chi connectivity index (χ4n) is 2.07. The van der Waals surface area contributed by atoms with Crippen LogP contribution in [0.2, 0.25) is 0 Å². The average Bonchev–Trinajstić information content (AvgIpc) is 2.47. The molecular formula is C16H16NNaO4S. The molecule has 2 rings (SSSR count). The van der Waals surface area contributed by atoms with E-state index in [1.54, 1.807) is 42.8 Å². The van der Waals surface area contributed by atoms with Crippen LogP contribution in [0.25, 0.3) is 0 Å². The summed E-state index contributed by atoms with van der Waals surface area (Å²) >= 11 is 0. The predicted octanol–water partition coefficient (Wildman–Crippen LogP) is -1.18. The molecule has 5 nitrogen and oxygen atoms in total. The smallest absolute Gasteiger partial charge is 0.748 e. The summed E-state index contributed by atoms with van der Waals surface area (Å²) in [7, 11) is -4.45. The van der Waals surface area contributed by atoms with Crippen LogP contribution in [0.4, 0.5) is 0 Å². The Balaban J connectivity index is 0.00000264. The standard InChI is InChI=1S/C16H17NO4S.Na/c1-2-17-9-7-13(8-10-17)15(12-22(19,20)21)11-14-5-3-4-6-16(14)18;/h3-11H,2,12H2,1H3,(H,19,20,21);/q;+1/p-1/b14-11+;. The molecule has 0 radical (unpaired) electrons. The van der Waals surface area contributed by atoms with Crippen molar-refractivity contribution >= 4 is 15.9 Å². The Bertz CT molecular complexity index is 739. The van der Waals surface area contributed by atoms with Crippen molar-refractivity contribution in [1.29, 1.82) is 0 Å². The number of hydrogen-bond acceptors (Lipinski definition) is 5. The fourth-order valence-corrected chi connectivity index (χ4v) is 2.70. The van der Waals surface area contributed by atoms with Gasteiger partial charge in [-0.15, -0.1) is 0 Å². The third kappa shape index (κ3) is 6.08. The summed E-state index contributed by atoms with van der Waals surface area (Å²) in [5.74, 6) is -0.875. The number of allylic oxidation sites excluding steroid dienone is 9. The molecule has 7 heteroatoms. The predicted molar refractivity (Wildman–Crippen MR) is 83.6 cm³/mol. The normalized spacial score (nSPS) is 18.5. The van der Waals surface area contributed by atoms with Crippen molar-refractivity contribution in [2.45, 2.75) is 6.92 Å². The summed E-state index contributed by atoms with van der Waals surface area (Å²) in [5.41, 5.74) is 1.27. The molecule has 2 aliphatic rings. The molecule has 0 amide bonds. The molecule has 0 spiro atoms. The molecule has 0 unspecified atom stereocenters. The van der Waals surface area contributed by atoms with Gasteiger partial charge in [-0.3, -0.25) is 4.79 Å². The van der Waals surface area contributed by atoms with Crippen LogP contribution in [0.5, 0.6) is 0 Å². The number of carbonyl (C=O) groups is 1. The van der Waals surface area contributed by atoms with Gasteiger partial charge in [0.15, 0.2) is 5.78 Å². The van der Waals surface area contributed by atoms with Crippen molar-refractivity contribution in [1.82, 2.24) is 4.90 Å². The molecule has 0 aromatic heterocycles. The molecule has 116 valence electrons. The van der Waals surface area contributed by atoms with E-state index in [1.807, 2.05) is 11.8 Å². The molecule has 1 heterocycles. The van der Waals surface area contributed by atoms with Crippen LogP contribution in [0, 0.1) is 0 Å². The quantitative estimate of drug-likeness (QED) is 0.365. The summed E-state index contributed by atoms with van der Waals surface area (Å²) in [6, 6.07) is 0. The van der Waals surface area contributed by atoms with Gasteiger partial charge in [0.2, 0.25) is 0 Å². The van der Waals surface area contributed by atoms with E-state index in [2.05, 4.69) is 0 Å². The first kappa shape index (κ1) is 19.9. The average molecular weight is 341 g/mol. The summed E-state index contributed by atoms with van der Waals surface area (Å²) in [6.45, 7) is 2.76. The minimum atomic E-state index is -4.45. The number of rotatable bonds is 4. The first-order chi connectivity index (χ1) is 10.4. The summed E-state index contributed by atoms with van der Waals surface area (Å²) < 4.78 is 33.4. The number of nitrogens with zero attached hydrogens (tertiary/aromatic N) is 1. The zero-order valence-electron chi connectivity index (χ0n) is 13.1. The summed E-state index contributed by atoms with van der Waals surface area (Å²) in [5, 5.41) is 0. The molecule has 0 fully saturated rings. The Hall–Kier alpha value is -1.18. The number of hydrogen-bond donors (Lipinski definition) is 0. The zero-order chi connectivity index (χ0) is 16.2. The van der Waals surface area contributed by atoms with Crippen LogP contribution < -0.4 is 29.6 Å². The van der Waals surface area contributed by atoms with Crippen LogP contribution in [0.15, 0.2) is 71.7 Å². The maximum Gasteiger partial charge on any atom is 1.00 e. The second kappa shape index (κ2) is 8.61. The monoisotopic (exact) mass is 341 g/mol. The van der Waals surface area contributed by atoms with Crippen LogP contribution in [0.3, 0.4) is 0 Å². The molecule has 1 aliphatic heterocycles. The minimum Gasteiger partial charge on any atom is -0.748 e. The van der Waals surface area contributed by atoms with Crippen LogP contribution in [-0.4, -0.2) is 36.0 Å². The van der Waals surface area contributed by atoms with E-state index in [9.17, 15) is 17.8 Å². The molecule has 0 atom stereocenters. The number of ketones is 1. The van der Waals surface area contributed by atoms with E-state index in [0.717, 1.165) is 6.54 Å². The van der Waals surface area contributed by atoms with E-state index in [4.69, 9.17) is 0 Å². The molecule has 0 aromatic carbocycles. The Morgan fingerprint density at radius 1 is 1.17 bits per heavy atom. The zero-order valence-corrected chi connectivity index (χ0v) is 15.9. The van der Waals surface area contributed by atoms with Crippen molar-refractivity contribution in [3.8, 4) is 0 Å². The Kier molecular flexibility index (Phi) is 7.44. The first-order valence-electron chi connectivity index (χ1n) is 6.78. The van der Waals surface area contributed by atoms with Crippen molar-refractivity contribution in [3.63, 3.8) is 0 Å². The Labute approximate surface area is 158 Å². The van der Waals surface area contributed by atoms with Gasteiger partial charge < -0.3 is 9.45 Å². The van der Waals surface area contributed by atoms with Gasteiger partial charge in [0.05, 0.1) is 15.9 Å². The first-order valence-corrected chi connectivity index (χ1v) is 8.36. The summed E-state index contributed by atoms with van der Waals surface area (Å²) in [6.07, 6.45) is 14.8. The largest absolute Gasteiger partial charge is 1.00 e. The fraction of sp³-hybridized carbons (Fsp3) is 0.188. The molecule has 0 bridgehead atoms. The van der Waals surface area contributed by atoms with Crippen molar-refractivity contribution in [2.75, 3.05) is 12.3 Å². The maximum atomic E-state index is 11.8. The van der Waals surface area contributed by atoms with Crippen molar-refractivity contribution < 1.29 is 47.3 Å². The minimum absolute atomic E-state index is 0. The topological polar surface area (TPSA) is 77.5 Å². The molecule has 23 heavy (non-hydrogen) atoms. The molecule has 0 aromatic rings. The number of carbonyl (C=O) groups excluding carboxylic acids is 1.